The predicted molar refractivity (Wildman–Crippen MR) is 149 cm³/mol. The molecule has 0 radical (unpaired) electrons. The molecular weight excluding hydrogens is 456 g/mol. The van der Waals surface area contributed by atoms with Crippen LogP contribution in [0.3, 0.4) is 0 Å². The van der Waals surface area contributed by atoms with Crippen LogP contribution in [0.25, 0.3) is 45.1 Å². The maximum absolute atomic E-state index is 4.71. The molecule has 6 heteroatoms. The number of imidazole rings is 1. The SMILES string of the molecule is Cc1cc(-n2c(-c3c(C)cccc3C)cn3c(C)c(C)c(C)c23)c(C)cc1-c1ncc2nccnc2n1. The molecule has 37 heavy (non-hydrogen) atoms. The highest BCUT2D eigenvalue weighted by Gasteiger charge is 2.23. The summed E-state index contributed by atoms with van der Waals surface area (Å²) < 4.78 is 4.78. The lowest BCUT2D eigenvalue weighted by Crippen LogP contribution is -2.04. The molecule has 0 saturated carbocycles. The molecule has 0 N–H and O–H groups in total. The van der Waals surface area contributed by atoms with Gasteiger partial charge in [-0.05, 0) is 94.0 Å². The van der Waals surface area contributed by atoms with Gasteiger partial charge in [-0.2, -0.15) is 0 Å². The van der Waals surface area contributed by atoms with E-state index in [9.17, 15) is 0 Å². The van der Waals surface area contributed by atoms with Gasteiger partial charge in [-0.1, -0.05) is 18.2 Å². The Morgan fingerprint density at radius 1 is 0.730 bits per heavy atom. The highest BCUT2D eigenvalue weighted by Crippen LogP contribution is 2.37. The smallest absolute Gasteiger partial charge is 0.181 e. The lowest BCUT2D eigenvalue weighted by Gasteiger charge is -2.18. The van der Waals surface area contributed by atoms with E-state index in [1.807, 2.05) is 0 Å². The number of hydrogen-bond acceptors (Lipinski definition) is 4. The van der Waals surface area contributed by atoms with Gasteiger partial charge in [-0.15, -0.1) is 0 Å². The molecule has 0 saturated heterocycles. The first kappa shape index (κ1) is 23.1. The minimum Gasteiger partial charge on any atom is -0.304 e. The molecule has 6 aromatic rings. The largest absolute Gasteiger partial charge is 0.304 e. The van der Waals surface area contributed by atoms with E-state index < -0.39 is 0 Å². The zero-order valence-electron chi connectivity index (χ0n) is 22.4. The Morgan fingerprint density at radius 2 is 1.46 bits per heavy atom. The van der Waals surface area contributed by atoms with Crippen molar-refractivity contribution in [1.29, 1.82) is 0 Å². The summed E-state index contributed by atoms with van der Waals surface area (Å²) in [5, 5.41) is 0. The van der Waals surface area contributed by atoms with E-state index in [2.05, 4.69) is 109 Å². The van der Waals surface area contributed by atoms with Crippen LogP contribution in [-0.2, 0) is 0 Å². The van der Waals surface area contributed by atoms with E-state index >= 15 is 0 Å². The minimum atomic E-state index is 0.604. The zero-order valence-corrected chi connectivity index (χ0v) is 22.4. The summed E-state index contributed by atoms with van der Waals surface area (Å²) in [5.41, 5.74) is 15.9. The molecule has 0 aliphatic carbocycles. The molecule has 2 aromatic carbocycles. The molecule has 0 aliphatic heterocycles. The summed E-state index contributed by atoms with van der Waals surface area (Å²) >= 11 is 0. The molecule has 0 bridgehead atoms. The second-order valence-electron chi connectivity index (χ2n) is 10.1. The first-order valence-electron chi connectivity index (χ1n) is 12.6. The summed E-state index contributed by atoms with van der Waals surface area (Å²) in [6.07, 6.45) is 7.37. The topological polar surface area (TPSA) is 60.9 Å². The lowest BCUT2D eigenvalue weighted by atomic mass is 9.99. The quantitative estimate of drug-likeness (QED) is 0.271. The summed E-state index contributed by atoms with van der Waals surface area (Å²) in [5.74, 6) is 0.665. The molecule has 0 atom stereocenters. The summed E-state index contributed by atoms with van der Waals surface area (Å²) in [7, 11) is 0. The summed E-state index contributed by atoms with van der Waals surface area (Å²) in [4.78, 5) is 18.0. The highest BCUT2D eigenvalue weighted by atomic mass is 15.1. The molecule has 0 aliphatic rings. The van der Waals surface area contributed by atoms with Crippen molar-refractivity contribution in [3.63, 3.8) is 0 Å². The van der Waals surface area contributed by atoms with Crippen LogP contribution in [0.15, 0.2) is 55.1 Å². The molecule has 0 spiro atoms. The van der Waals surface area contributed by atoms with Gasteiger partial charge >= 0.3 is 0 Å². The van der Waals surface area contributed by atoms with Crippen LogP contribution in [0.1, 0.15) is 39.1 Å². The van der Waals surface area contributed by atoms with E-state index in [0.29, 0.717) is 17.0 Å². The van der Waals surface area contributed by atoms with Crippen molar-refractivity contribution in [3.8, 4) is 28.3 Å². The molecule has 184 valence electrons. The van der Waals surface area contributed by atoms with Gasteiger partial charge in [-0.3, -0.25) is 4.57 Å². The van der Waals surface area contributed by atoms with Crippen LogP contribution < -0.4 is 0 Å². The summed E-state index contributed by atoms with van der Waals surface area (Å²) in [6.45, 7) is 15.3. The fraction of sp³-hybridized carbons (Fsp3) is 0.226. The van der Waals surface area contributed by atoms with Gasteiger partial charge in [0.05, 0.1) is 17.6 Å². The first-order chi connectivity index (χ1) is 17.8. The van der Waals surface area contributed by atoms with Crippen LogP contribution in [0.4, 0.5) is 0 Å². The second kappa shape index (κ2) is 8.37. The number of aromatic nitrogens is 6. The van der Waals surface area contributed by atoms with Crippen molar-refractivity contribution in [2.45, 2.75) is 48.5 Å². The third kappa shape index (κ3) is 3.47. The van der Waals surface area contributed by atoms with Gasteiger partial charge < -0.3 is 4.40 Å². The molecule has 6 nitrogen and oxygen atoms in total. The van der Waals surface area contributed by atoms with Gasteiger partial charge in [0.1, 0.15) is 11.2 Å². The third-order valence-electron chi connectivity index (χ3n) is 7.72. The number of rotatable bonds is 3. The van der Waals surface area contributed by atoms with Gasteiger partial charge in [0, 0.05) is 35.4 Å². The highest BCUT2D eigenvalue weighted by molar-refractivity contribution is 5.78. The second-order valence-corrected chi connectivity index (χ2v) is 10.1. The number of fused-ring (bicyclic) bond motifs is 2. The van der Waals surface area contributed by atoms with Crippen molar-refractivity contribution in [3.05, 3.63) is 94.2 Å². The molecule has 0 fully saturated rings. The third-order valence-corrected chi connectivity index (χ3v) is 7.72. The van der Waals surface area contributed by atoms with Gasteiger partial charge in [0.15, 0.2) is 11.5 Å². The van der Waals surface area contributed by atoms with E-state index in [0.717, 1.165) is 22.4 Å². The van der Waals surface area contributed by atoms with Crippen LogP contribution in [0.2, 0.25) is 0 Å². The Morgan fingerprint density at radius 3 is 2.22 bits per heavy atom. The number of hydrogen-bond donors (Lipinski definition) is 0. The Hall–Kier alpha value is -4.32. The number of nitrogens with zero attached hydrogens (tertiary/aromatic N) is 6. The fourth-order valence-corrected chi connectivity index (χ4v) is 5.51. The van der Waals surface area contributed by atoms with Crippen molar-refractivity contribution < 1.29 is 0 Å². The van der Waals surface area contributed by atoms with Crippen LogP contribution in [-0.4, -0.2) is 28.9 Å². The van der Waals surface area contributed by atoms with Crippen LogP contribution in [0.5, 0.6) is 0 Å². The molecule has 4 aromatic heterocycles. The van der Waals surface area contributed by atoms with Crippen molar-refractivity contribution >= 4 is 16.8 Å². The van der Waals surface area contributed by atoms with E-state index in [1.165, 1.54) is 44.9 Å². The maximum Gasteiger partial charge on any atom is 0.181 e. The van der Waals surface area contributed by atoms with Gasteiger partial charge in [0.25, 0.3) is 0 Å². The molecule has 4 heterocycles. The minimum absolute atomic E-state index is 0.604. The van der Waals surface area contributed by atoms with Gasteiger partial charge in [0.2, 0.25) is 0 Å². The first-order valence-corrected chi connectivity index (χ1v) is 12.6. The Balaban J connectivity index is 1.63. The van der Waals surface area contributed by atoms with E-state index in [4.69, 9.17) is 4.98 Å². The van der Waals surface area contributed by atoms with Crippen molar-refractivity contribution in [1.82, 2.24) is 28.9 Å². The Bertz CT molecular complexity index is 1830. The molecule has 0 amide bonds. The average Bonchev–Trinajstić information content (AvgIpc) is 3.36. The standard InChI is InChI=1S/C31H30N6/c1-17-9-8-10-18(2)28(17)27-16-36-23(7)21(5)22(6)31(36)37(27)26-14-19(3)24(13-20(26)4)29-34-15-25-30(35-29)33-12-11-32-25/h8-16H,1-7H3. The summed E-state index contributed by atoms with van der Waals surface area (Å²) in [6, 6.07) is 11.0. The number of aryl methyl sites for hydroxylation is 6. The average molecular weight is 487 g/mol. The lowest BCUT2D eigenvalue weighted by molar-refractivity contribution is 1.06. The number of benzene rings is 2. The maximum atomic E-state index is 4.71. The molecular formula is C31H30N6. The zero-order chi connectivity index (χ0) is 26.0. The monoisotopic (exact) mass is 486 g/mol. The molecule has 6 rings (SSSR count). The van der Waals surface area contributed by atoms with Crippen molar-refractivity contribution in [2.24, 2.45) is 0 Å². The van der Waals surface area contributed by atoms with Gasteiger partial charge in [-0.25, -0.2) is 19.9 Å². The Labute approximate surface area is 216 Å². The van der Waals surface area contributed by atoms with Crippen LogP contribution >= 0.6 is 0 Å². The fourth-order valence-electron chi connectivity index (χ4n) is 5.51. The van der Waals surface area contributed by atoms with E-state index in [1.54, 1.807) is 18.6 Å². The van der Waals surface area contributed by atoms with Crippen LogP contribution in [0, 0.1) is 48.5 Å². The Kier molecular flexibility index (Phi) is 5.23. The van der Waals surface area contributed by atoms with Crippen molar-refractivity contribution in [2.75, 3.05) is 0 Å². The van der Waals surface area contributed by atoms with E-state index in [-0.39, 0.29) is 0 Å². The molecule has 0 unspecified atom stereocenters. The normalized spacial score (nSPS) is 11.6. The predicted octanol–water partition coefficient (Wildman–Crippen LogP) is 6.96.